The van der Waals surface area contributed by atoms with Crippen LogP contribution in [0.15, 0.2) is 0 Å². The average molecular weight is 249 g/mol. The Balaban J connectivity index is 2.86. The van der Waals surface area contributed by atoms with E-state index in [0.29, 0.717) is 19.3 Å². The van der Waals surface area contributed by atoms with Crippen LogP contribution < -0.4 is 5.73 Å². The summed E-state index contributed by atoms with van der Waals surface area (Å²) in [6.45, 7) is 1.90. The van der Waals surface area contributed by atoms with Crippen LogP contribution in [0.1, 0.15) is 32.6 Å². The zero-order valence-electron chi connectivity index (χ0n) is 9.48. The van der Waals surface area contributed by atoms with Crippen LogP contribution in [0, 0.1) is 5.41 Å². The maximum atomic E-state index is 11.3. The summed E-state index contributed by atoms with van der Waals surface area (Å²) in [5.41, 5.74) is 5.43. The number of hydrogen-bond acceptors (Lipinski definition) is 4. The van der Waals surface area contributed by atoms with Gasteiger partial charge in [-0.1, -0.05) is 6.92 Å². The van der Waals surface area contributed by atoms with Crippen LogP contribution in [-0.2, 0) is 14.6 Å². The van der Waals surface area contributed by atoms with Gasteiger partial charge in [0.15, 0.2) is 0 Å². The summed E-state index contributed by atoms with van der Waals surface area (Å²) in [6.07, 6.45) is 1.39. The molecule has 3 N–H and O–H groups in total. The Morgan fingerprint density at radius 2 is 1.94 bits per heavy atom. The van der Waals surface area contributed by atoms with Gasteiger partial charge in [-0.15, -0.1) is 0 Å². The third-order valence-corrected chi connectivity index (χ3v) is 5.20. The molecule has 1 aliphatic rings. The van der Waals surface area contributed by atoms with Gasteiger partial charge in [0.05, 0.1) is 17.9 Å². The van der Waals surface area contributed by atoms with Crippen molar-refractivity contribution in [2.45, 2.75) is 38.6 Å². The number of hydrogen-bond donors (Lipinski definition) is 2. The van der Waals surface area contributed by atoms with Crippen LogP contribution in [-0.4, -0.2) is 37.0 Å². The number of nitrogens with two attached hydrogens (primary N) is 1. The number of carboxylic acids is 1. The van der Waals surface area contributed by atoms with E-state index in [1.165, 1.54) is 0 Å². The van der Waals surface area contributed by atoms with Crippen molar-refractivity contribution in [3.05, 3.63) is 0 Å². The predicted octanol–water partition coefficient (Wildman–Crippen LogP) is 0.393. The topological polar surface area (TPSA) is 97.5 Å². The van der Waals surface area contributed by atoms with Crippen LogP contribution in [0.3, 0.4) is 0 Å². The minimum Gasteiger partial charge on any atom is -0.481 e. The molecule has 0 aliphatic carbocycles. The van der Waals surface area contributed by atoms with Crippen LogP contribution in [0.4, 0.5) is 0 Å². The van der Waals surface area contributed by atoms with Gasteiger partial charge in [-0.25, -0.2) is 8.42 Å². The highest BCUT2D eigenvalue weighted by atomic mass is 32.2. The molecule has 94 valence electrons. The standard InChI is InChI=1S/C10H19NO4S/c1-2-8(11)10(7-9(12)13)3-5-16(14,15)6-4-10/h8H,2-7,11H2,1H3,(H,12,13). The number of carbonyl (C=O) groups is 1. The third kappa shape index (κ3) is 2.95. The minimum absolute atomic E-state index is 0.0302. The monoisotopic (exact) mass is 249 g/mol. The molecule has 0 aromatic heterocycles. The largest absolute Gasteiger partial charge is 0.481 e. The second-order valence-corrected chi connectivity index (χ2v) is 6.90. The molecule has 0 amide bonds. The number of sulfone groups is 1. The molecule has 1 saturated heterocycles. The molecule has 1 heterocycles. The Hall–Kier alpha value is -0.620. The Morgan fingerprint density at radius 1 is 1.44 bits per heavy atom. The number of carboxylic acid groups (broad SMARTS) is 1. The van der Waals surface area contributed by atoms with Crippen molar-refractivity contribution in [1.29, 1.82) is 0 Å². The maximum Gasteiger partial charge on any atom is 0.303 e. The van der Waals surface area contributed by atoms with Crippen molar-refractivity contribution >= 4 is 15.8 Å². The molecule has 0 bridgehead atoms. The maximum absolute atomic E-state index is 11.3. The SMILES string of the molecule is CCC(N)C1(CC(=O)O)CCS(=O)(=O)CC1. The first-order valence-electron chi connectivity index (χ1n) is 5.49. The second-order valence-electron chi connectivity index (χ2n) is 4.60. The fourth-order valence-corrected chi connectivity index (χ4v) is 4.00. The fourth-order valence-electron chi connectivity index (χ4n) is 2.36. The van der Waals surface area contributed by atoms with E-state index in [9.17, 15) is 13.2 Å². The molecule has 0 aromatic rings. The molecule has 0 spiro atoms. The van der Waals surface area contributed by atoms with E-state index in [1.807, 2.05) is 6.92 Å². The van der Waals surface area contributed by atoms with Crippen LogP contribution in [0.5, 0.6) is 0 Å². The van der Waals surface area contributed by atoms with Crippen molar-refractivity contribution in [1.82, 2.24) is 0 Å². The van der Waals surface area contributed by atoms with Crippen molar-refractivity contribution in [3.8, 4) is 0 Å². The first kappa shape index (κ1) is 13.4. The molecule has 1 fully saturated rings. The minimum atomic E-state index is -2.98. The molecule has 0 radical (unpaired) electrons. The first-order chi connectivity index (χ1) is 7.31. The molecular weight excluding hydrogens is 230 g/mol. The lowest BCUT2D eigenvalue weighted by molar-refractivity contribution is -0.140. The third-order valence-electron chi connectivity index (χ3n) is 3.55. The van der Waals surface area contributed by atoms with Gasteiger partial charge >= 0.3 is 5.97 Å². The van der Waals surface area contributed by atoms with E-state index >= 15 is 0 Å². The van der Waals surface area contributed by atoms with Gasteiger partial charge in [-0.3, -0.25) is 4.79 Å². The normalized spacial score (nSPS) is 24.9. The van der Waals surface area contributed by atoms with Gasteiger partial charge < -0.3 is 10.8 Å². The zero-order chi connectivity index (χ0) is 12.4. The molecule has 6 heteroatoms. The van der Waals surface area contributed by atoms with Crippen molar-refractivity contribution < 1.29 is 18.3 Å². The first-order valence-corrected chi connectivity index (χ1v) is 7.31. The molecule has 0 aromatic carbocycles. The average Bonchev–Trinajstić information content (AvgIpc) is 2.20. The summed E-state index contributed by atoms with van der Waals surface area (Å²) in [6, 6.07) is -0.237. The summed E-state index contributed by atoms with van der Waals surface area (Å²) in [4.78, 5) is 10.8. The van der Waals surface area contributed by atoms with Crippen molar-refractivity contribution in [3.63, 3.8) is 0 Å². The number of rotatable bonds is 4. The highest BCUT2D eigenvalue weighted by Gasteiger charge is 2.42. The molecule has 1 rings (SSSR count). The van der Waals surface area contributed by atoms with Crippen molar-refractivity contribution in [2.75, 3.05) is 11.5 Å². The Bertz CT molecular complexity index is 349. The summed E-state index contributed by atoms with van der Waals surface area (Å²) in [7, 11) is -2.98. The van der Waals surface area contributed by atoms with Gasteiger partial charge in [0.2, 0.25) is 0 Å². The van der Waals surface area contributed by atoms with E-state index in [1.54, 1.807) is 0 Å². The van der Waals surface area contributed by atoms with E-state index < -0.39 is 21.2 Å². The molecule has 16 heavy (non-hydrogen) atoms. The van der Waals surface area contributed by atoms with Gasteiger partial charge in [0.1, 0.15) is 9.84 Å². The van der Waals surface area contributed by atoms with E-state index in [2.05, 4.69) is 0 Å². The lowest BCUT2D eigenvalue weighted by Crippen LogP contribution is -2.47. The molecule has 5 nitrogen and oxygen atoms in total. The lowest BCUT2D eigenvalue weighted by Gasteiger charge is -2.40. The number of aliphatic carboxylic acids is 1. The summed E-state index contributed by atoms with van der Waals surface area (Å²) < 4.78 is 22.7. The molecule has 1 aliphatic heterocycles. The zero-order valence-corrected chi connectivity index (χ0v) is 10.3. The van der Waals surface area contributed by atoms with Crippen LogP contribution in [0.2, 0.25) is 0 Å². The second kappa shape index (κ2) is 4.71. The molecule has 1 atom stereocenters. The van der Waals surface area contributed by atoms with E-state index in [0.717, 1.165) is 0 Å². The van der Waals surface area contributed by atoms with Crippen LogP contribution >= 0.6 is 0 Å². The highest BCUT2D eigenvalue weighted by Crippen LogP contribution is 2.39. The van der Waals surface area contributed by atoms with E-state index in [-0.39, 0.29) is 24.0 Å². The van der Waals surface area contributed by atoms with Gasteiger partial charge in [0, 0.05) is 6.04 Å². The summed E-state index contributed by atoms with van der Waals surface area (Å²) in [5, 5.41) is 8.90. The van der Waals surface area contributed by atoms with Gasteiger partial charge in [-0.2, -0.15) is 0 Å². The smallest absolute Gasteiger partial charge is 0.303 e. The van der Waals surface area contributed by atoms with Gasteiger partial charge in [0.25, 0.3) is 0 Å². The molecule has 1 unspecified atom stereocenters. The molecule has 0 saturated carbocycles. The fraction of sp³-hybridized carbons (Fsp3) is 0.900. The summed E-state index contributed by atoms with van der Waals surface area (Å²) >= 11 is 0. The molecular formula is C10H19NO4S. The lowest BCUT2D eigenvalue weighted by atomic mass is 9.72. The Kier molecular flexibility index (Phi) is 3.96. The van der Waals surface area contributed by atoms with E-state index in [4.69, 9.17) is 10.8 Å². The summed E-state index contributed by atoms with van der Waals surface area (Å²) in [5.74, 6) is -0.773. The van der Waals surface area contributed by atoms with Crippen molar-refractivity contribution in [2.24, 2.45) is 11.1 Å². The van der Waals surface area contributed by atoms with Gasteiger partial charge in [-0.05, 0) is 24.7 Å². The quantitative estimate of drug-likeness (QED) is 0.751. The van der Waals surface area contributed by atoms with Crippen LogP contribution in [0.25, 0.3) is 0 Å². The highest BCUT2D eigenvalue weighted by molar-refractivity contribution is 7.91. The Labute approximate surface area is 95.9 Å². The Morgan fingerprint density at radius 3 is 2.31 bits per heavy atom. The predicted molar refractivity (Wildman–Crippen MR) is 60.8 cm³/mol.